The molecule has 2 aromatic rings. The number of pyridine rings is 1. The first-order valence-corrected chi connectivity index (χ1v) is 8.45. The minimum Gasteiger partial charge on any atom is -0.480 e. The normalized spacial score (nSPS) is 13.3. The minimum atomic E-state index is -1.01. The second-order valence-corrected chi connectivity index (χ2v) is 6.37. The van der Waals surface area contributed by atoms with E-state index in [2.05, 4.69) is 10.3 Å². The van der Waals surface area contributed by atoms with Crippen molar-refractivity contribution >= 4 is 11.9 Å². The van der Waals surface area contributed by atoms with Gasteiger partial charge in [0, 0.05) is 17.6 Å². The smallest absolute Gasteiger partial charge is 0.326 e. The lowest BCUT2D eigenvalue weighted by Gasteiger charge is -2.20. The Morgan fingerprint density at radius 2 is 2.04 bits per heavy atom. The van der Waals surface area contributed by atoms with Crippen molar-refractivity contribution in [3.05, 3.63) is 53.1 Å². The van der Waals surface area contributed by atoms with E-state index in [1.54, 1.807) is 12.3 Å². The van der Waals surface area contributed by atoms with Crippen LogP contribution in [0.4, 0.5) is 0 Å². The van der Waals surface area contributed by atoms with Gasteiger partial charge in [-0.2, -0.15) is 0 Å². The Morgan fingerprint density at radius 3 is 2.60 bits per heavy atom. The number of nitrogens with one attached hydrogen (secondary N) is 1. The average molecular weight is 343 g/mol. The van der Waals surface area contributed by atoms with Gasteiger partial charge < -0.3 is 15.0 Å². The predicted octanol–water partition coefficient (Wildman–Crippen LogP) is 2.78. The van der Waals surface area contributed by atoms with Crippen molar-refractivity contribution in [3.8, 4) is 0 Å². The molecular weight excluding hydrogens is 318 g/mol. The van der Waals surface area contributed by atoms with E-state index in [-0.39, 0.29) is 11.8 Å². The Bertz CT molecular complexity index is 753. The molecule has 6 heteroatoms. The number of carboxylic acid groups (broad SMARTS) is 1. The van der Waals surface area contributed by atoms with Gasteiger partial charge in [0.15, 0.2) is 0 Å². The summed E-state index contributed by atoms with van der Waals surface area (Å²) in [6.45, 7) is 8.09. The maximum absolute atomic E-state index is 12.6. The number of carbonyl (C=O) groups is 2. The number of aryl methyl sites for hydroxylation is 1. The molecule has 0 bridgehead atoms. The van der Waals surface area contributed by atoms with Crippen molar-refractivity contribution < 1.29 is 14.7 Å². The number of aliphatic carboxylic acids is 1. The van der Waals surface area contributed by atoms with Gasteiger partial charge in [0.05, 0.1) is 17.8 Å². The van der Waals surface area contributed by atoms with Crippen LogP contribution >= 0.6 is 0 Å². The van der Waals surface area contributed by atoms with Crippen molar-refractivity contribution in [2.75, 3.05) is 0 Å². The molecule has 0 saturated carbocycles. The average Bonchev–Trinajstić information content (AvgIpc) is 2.87. The fraction of sp³-hybridized carbons (Fsp3) is 0.421. The number of nitrogens with zero attached hydrogens (tertiary/aromatic N) is 2. The number of amides is 1. The van der Waals surface area contributed by atoms with Crippen LogP contribution in [0.2, 0.25) is 0 Å². The lowest BCUT2D eigenvalue weighted by Crippen LogP contribution is -2.45. The van der Waals surface area contributed by atoms with Gasteiger partial charge in [-0.3, -0.25) is 9.78 Å². The van der Waals surface area contributed by atoms with Gasteiger partial charge in [-0.25, -0.2) is 4.79 Å². The van der Waals surface area contributed by atoms with Crippen molar-refractivity contribution in [2.45, 2.75) is 46.7 Å². The van der Waals surface area contributed by atoms with Crippen molar-refractivity contribution in [1.29, 1.82) is 0 Å². The number of hydrogen-bond donors (Lipinski definition) is 2. The third kappa shape index (κ3) is 4.26. The summed E-state index contributed by atoms with van der Waals surface area (Å²) in [6.07, 6.45) is 2.41. The lowest BCUT2D eigenvalue weighted by molar-refractivity contribution is -0.140. The van der Waals surface area contributed by atoms with E-state index in [0.717, 1.165) is 17.1 Å². The molecule has 134 valence electrons. The van der Waals surface area contributed by atoms with Crippen LogP contribution in [0.5, 0.6) is 0 Å². The zero-order valence-electron chi connectivity index (χ0n) is 15.1. The van der Waals surface area contributed by atoms with E-state index in [1.165, 1.54) is 0 Å². The summed E-state index contributed by atoms with van der Waals surface area (Å²) in [5.74, 6) is -1.50. The van der Waals surface area contributed by atoms with E-state index < -0.39 is 12.0 Å². The van der Waals surface area contributed by atoms with Gasteiger partial charge in [0.1, 0.15) is 6.04 Å². The Kier molecular flexibility index (Phi) is 5.96. The maximum atomic E-state index is 12.6. The molecule has 0 aromatic carbocycles. The minimum absolute atomic E-state index is 0.140. The second-order valence-electron chi connectivity index (χ2n) is 6.37. The van der Waals surface area contributed by atoms with Crippen molar-refractivity contribution in [3.63, 3.8) is 0 Å². The molecule has 2 N–H and O–H groups in total. The highest BCUT2D eigenvalue weighted by molar-refractivity contribution is 5.98. The summed E-state index contributed by atoms with van der Waals surface area (Å²) in [6, 6.07) is 6.62. The van der Waals surface area contributed by atoms with Crippen LogP contribution < -0.4 is 5.32 Å². The number of rotatable bonds is 7. The third-order valence-corrected chi connectivity index (χ3v) is 4.63. The maximum Gasteiger partial charge on any atom is 0.326 e. The summed E-state index contributed by atoms with van der Waals surface area (Å²) in [5, 5.41) is 12.0. The first kappa shape index (κ1) is 18.7. The number of aromatic nitrogens is 2. The molecule has 0 saturated heterocycles. The van der Waals surface area contributed by atoms with Crippen molar-refractivity contribution in [2.24, 2.45) is 5.92 Å². The monoisotopic (exact) mass is 343 g/mol. The van der Waals surface area contributed by atoms with E-state index >= 15 is 0 Å². The molecule has 6 nitrogen and oxygen atoms in total. The highest BCUT2D eigenvalue weighted by Gasteiger charge is 2.27. The molecule has 2 atom stereocenters. The SMILES string of the molecule is CC[C@H](C)[C@H](NC(=O)c1cc(C)n(Cc2ccccn2)c1C)C(=O)O. The topological polar surface area (TPSA) is 84.2 Å². The van der Waals surface area contributed by atoms with Crippen LogP contribution in [-0.2, 0) is 11.3 Å². The summed E-state index contributed by atoms with van der Waals surface area (Å²) in [4.78, 5) is 28.4. The summed E-state index contributed by atoms with van der Waals surface area (Å²) < 4.78 is 2.01. The zero-order valence-corrected chi connectivity index (χ0v) is 15.1. The fourth-order valence-corrected chi connectivity index (χ4v) is 2.83. The van der Waals surface area contributed by atoms with Crippen molar-refractivity contribution in [1.82, 2.24) is 14.9 Å². The highest BCUT2D eigenvalue weighted by atomic mass is 16.4. The molecule has 0 aliphatic carbocycles. The van der Waals surface area contributed by atoms with Crippen LogP contribution in [-0.4, -0.2) is 32.6 Å². The number of carboxylic acids is 1. The van der Waals surface area contributed by atoms with Gasteiger partial charge in [0.25, 0.3) is 5.91 Å². The Morgan fingerprint density at radius 1 is 1.32 bits per heavy atom. The molecule has 0 unspecified atom stereocenters. The summed E-state index contributed by atoms with van der Waals surface area (Å²) in [5.41, 5.74) is 3.14. The van der Waals surface area contributed by atoms with Gasteiger partial charge in [-0.05, 0) is 38.0 Å². The number of hydrogen-bond acceptors (Lipinski definition) is 3. The molecule has 2 aromatic heterocycles. The Hall–Kier alpha value is -2.63. The lowest BCUT2D eigenvalue weighted by atomic mass is 9.99. The van der Waals surface area contributed by atoms with E-state index in [0.29, 0.717) is 18.5 Å². The van der Waals surface area contributed by atoms with Crippen LogP contribution in [0.15, 0.2) is 30.5 Å². The van der Waals surface area contributed by atoms with E-state index in [4.69, 9.17) is 0 Å². The fourth-order valence-electron chi connectivity index (χ4n) is 2.83. The van der Waals surface area contributed by atoms with Crippen LogP contribution in [0, 0.1) is 19.8 Å². The molecule has 1 amide bonds. The molecule has 25 heavy (non-hydrogen) atoms. The zero-order chi connectivity index (χ0) is 18.6. The van der Waals surface area contributed by atoms with E-state index in [9.17, 15) is 14.7 Å². The molecule has 0 aliphatic heterocycles. The first-order valence-electron chi connectivity index (χ1n) is 8.45. The molecule has 0 spiro atoms. The van der Waals surface area contributed by atoms with E-state index in [1.807, 2.05) is 50.5 Å². The van der Waals surface area contributed by atoms with Gasteiger partial charge >= 0.3 is 5.97 Å². The Balaban J connectivity index is 2.23. The molecule has 0 aliphatic rings. The summed E-state index contributed by atoms with van der Waals surface area (Å²) in [7, 11) is 0. The largest absolute Gasteiger partial charge is 0.480 e. The second kappa shape index (κ2) is 7.96. The standard InChI is InChI=1S/C19H25N3O3/c1-5-12(2)17(19(24)25)21-18(23)16-10-13(3)22(14(16)4)11-15-8-6-7-9-20-15/h6-10,12,17H,5,11H2,1-4H3,(H,21,23)(H,24,25)/t12-,17-/m0/s1. The molecule has 0 radical (unpaired) electrons. The molecule has 2 rings (SSSR count). The van der Waals surface area contributed by atoms with Gasteiger partial charge in [-0.1, -0.05) is 26.3 Å². The first-order chi connectivity index (χ1) is 11.8. The van der Waals surface area contributed by atoms with Crippen LogP contribution in [0.1, 0.15) is 47.7 Å². The number of carbonyl (C=O) groups excluding carboxylic acids is 1. The van der Waals surface area contributed by atoms with Crippen LogP contribution in [0.25, 0.3) is 0 Å². The predicted molar refractivity (Wildman–Crippen MR) is 95.6 cm³/mol. The van der Waals surface area contributed by atoms with Crippen LogP contribution in [0.3, 0.4) is 0 Å². The Labute approximate surface area is 147 Å². The molecule has 0 fully saturated rings. The molecule has 2 heterocycles. The van der Waals surface area contributed by atoms with Gasteiger partial charge in [0.2, 0.25) is 0 Å². The molecular formula is C19H25N3O3. The quantitative estimate of drug-likeness (QED) is 0.809. The van der Waals surface area contributed by atoms with Gasteiger partial charge in [-0.15, -0.1) is 0 Å². The summed E-state index contributed by atoms with van der Waals surface area (Å²) >= 11 is 0. The third-order valence-electron chi connectivity index (χ3n) is 4.63. The highest BCUT2D eigenvalue weighted by Crippen LogP contribution is 2.18.